The van der Waals surface area contributed by atoms with Gasteiger partial charge in [0.15, 0.2) is 0 Å². The Balaban J connectivity index is 1.54. The van der Waals surface area contributed by atoms with Crippen LogP contribution in [0.3, 0.4) is 0 Å². The summed E-state index contributed by atoms with van der Waals surface area (Å²) in [5, 5.41) is 2.12. The first-order chi connectivity index (χ1) is 13.2. The highest BCUT2D eigenvalue weighted by Crippen LogP contribution is 2.20. The van der Waals surface area contributed by atoms with E-state index in [0.717, 1.165) is 18.2 Å². The van der Waals surface area contributed by atoms with Gasteiger partial charge in [0.1, 0.15) is 5.82 Å². The highest BCUT2D eigenvalue weighted by atomic mass is 35.5. The number of carbonyl (C=O) groups is 3. The summed E-state index contributed by atoms with van der Waals surface area (Å²) in [6, 6.07) is 2.24. The molecular weight excluding hydrogens is 415 g/mol. The molecule has 152 valence electrons. The molecule has 2 saturated heterocycles. The van der Waals surface area contributed by atoms with Crippen molar-refractivity contribution >= 4 is 39.5 Å². The number of amides is 4. The number of nitrogens with one attached hydrogen (secondary N) is 2. The Hall–Kier alpha value is -2.24. The third kappa shape index (κ3) is 4.26. The minimum Gasteiger partial charge on any atom is -0.341 e. The summed E-state index contributed by atoms with van der Waals surface area (Å²) in [6.07, 6.45) is 0.844. The van der Waals surface area contributed by atoms with Crippen LogP contribution in [0.5, 0.6) is 0 Å². The molecule has 0 saturated carbocycles. The quantitative estimate of drug-likeness (QED) is 0.649. The van der Waals surface area contributed by atoms with Crippen molar-refractivity contribution in [1.82, 2.24) is 19.8 Å². The second-order valence-electron chi connectivity index (χ2n) is 6.43. The topological polar surface area (TPSA) is 116 Å². The highest BCUT2D eigenvalue weighted by Gasteiger charge is 2.37. The van der Waals surface area contributed by atoms with Gasteiger partial charge in [0.05, 0.1) is 23.0 Å². The van der Waals surface area contributed by atoms with Crippen molar-refractivity contribution < 1.29 is 27.2 Å². The molecule has 12 heteroatoms. The lowest BCUT2D eigenvalue weighted by Gasteiger charge is -2.35. The molecule has 2 aliphatic heterocycles. The van der Waals surface area contributed by atoms with Crippen LogP contribution in [-0.2, 0) is 19.6 Å². The molecule has 0 aliphatic carbocycles. The predicted octanol–water partition coefficient (Wildman–Crippen LogP) is 0.300. The number of nitrogens with zero attached hydrogens (tertiary/aromatic N) is 2. The predicted molar refractivity (Wildman–Crippen MR) is 96.4 cm³/mol. The molecular formula is C16H18ClFN4O5S. The van der Waals surface area contributed by atoms with Gasteiger partial charge in [-0.2, -0.15) is 0 Å². The Bertz CT molecular complexity index is 902. The third-order valence-electron chi connectivity index (χ3n) is 4.68. The first kappa shape index (κ1) is 20.5. The number of halogens is 2. The van der Waals surface area contributed by atoms with Crippen LogP contribution in [0.4, 0.5) is 9.18 Å². The maximum Gasteiger partial charge on any atom is 0.324 e. The molecule has 2 heterocycles. The van der Waals surface area contributed by atoms with Gasteiger partial charge in [0.2, 0.25) is 21.8 Å². The van der Waals surface area contributed by atoms with Crippen molar-refractivity contribution in [2.75, 3.05) is 26.2 Å². The third-order valence-corrected chi connectivity index (χ3v) is 6.36. The first-order valence-electron chi connectivity index (χ1n) is 8.51. The SMILES string of the molecule is O=C(CNS(=O)(=O)c1ccc(F)c(Cl)c1)N1CCC(N2C(=O)CNC2=O)CC1. The van der Waals surface area contributed by atoms with Gasteiger partial charge < -0.3 is 10.2 Å². The summed E-state index contributed by atoms with van der Waals surface area (Å²) < 4.78 is 39.8. The van der Waals surface area contributed by atoms with Crippen LogP contribution in [0.25, 0.3) is 0 Å². The number of hydrogen-bond donors (Lipinski definition) is 2. The fourth-order valence-electron chi connectivity index (χ4n) is 3.17. The van der Waals surface area contributed by atoms with Gasteiger partial charge >= 0.3 is 6.03 Å². The molecule has 0 unspecified atom stereocenters. The largest absolute Gasteiger partial charge is 0.341 e. The fourth-order valence-corrected chi connectivity index (χ4v) is 4.42. The first-order valence-corrected chi connectivity index (χ1v) is 10.4. The van der Waals surface area contributed by atoms with E-state index in [4.69, 9.17) is 11.6 Å². The standard InChI is InChI=1S/C16H18ClFN4O5S/c17-12-7-11(1-2-13(12)18)28(26,27)20-9-14(23)21-5-3-10(4-6-21)22-15(24)8-19-16(22)25/h1-2,7,10,20H,3-6,8-9H2,(H,19,25). The maximum absolute atomic E-state index is 13.2. The van der Waals surface area contributed by atoms with Crippen molar-refractivity contribution in [3.05, 3.63) is 29.0 Å². The smallest absolute Gasteiger partial charge is 0.324 e. The molecule has 0 atom stereocenters. The summed E-state index contributed by atoms with van der Waals surface area (Å²) >= 11 is 5.59. The van der Waals surface area contributed by atoms with E-state index in [-0.39, 0.29) is 28.4 Å². The van der Waals surface area contributed by atoms with E-state index in [1.807, 2.05) is 0 Å². The normalized spacial score (nSPS) is 18.5. The minimum atomic E-state index is -4.03. The van der Waals surface area contributed by atoms with Crippen LogP contribution >= 0.6 is 11.6 Å². The van der Waals surface area contributed by atoms with E-state index in [1.165, 1.54) is 9.80 Å². The van der Waals surface area contributed by atoms with E-state index in [1.54, 1.807) is 0 Å². The second-order valence-corrected chi connectivity index (χ2v) is 8.61. The van der Waals surface area contributed by atoms with Gasteiger partial charge in [-0.15, -0.1) is 0 Å². The van der Waals surface area contributed by atoms with Crippen LogP contribution in [0.15, 0.2) is 23.1 Å². The van der Waals surface area contributed by atoms with Gasteiger partial charge in [-0.05, 0) is 31.0 Å². The molecule has 1 aromatic rings. The zero-order valence-corrected chi connectivity index (χ0v) is 16.2. The number of carbonyl (C=O) groups excluding carboxylic acids is 3. The lowest BCUT2D eigenvalue weighted by Crippen LogP contribution is -2.50. The van der Waals surface area contributed by atoms with Crippen LogP contribution in [0.2, 0.25) is 5.02 Å². The molecule has 1 aromatic carbocycles. The number of likely N-dealkylation sites (tertiary alicyclic amines) is 1. The second kappa shape index (κ2) is 8.02. The van der Waals surface area contributed by atoms with Crippen molar-refractivity contribution in [3.63, 3.8) is 0 Å². The van der Waals surface area contributed by atoms with Crippen molar-refractivity contribution in [2.24, 2.45) is 0 Å². The van der Waals surface area contributed by atoms with E-state index in [2.05, 4.69) is 10.0 Å². The summed E-state index contributed by atoms with van der Waals surface area (Å²) in [6.45, 7) is 0.105. The van der Waals surface area contributed by atoms with Crippen molar-refractivity contribution in [3.8, 4) is 0 Å². The minimum absolute atomic E-state index is 0.0207. The molecule has 2 N–H and O–H groups in total. The number of urea groups is 1. The van der Waals surface area contributed by atoms with Crippen LogP contribution in [0, 0.1) is 5.82 Å². The number of hydrogen-bond acceptors (Lipinski definition) is 5. The number of benzene rings is 1. The Morgan fingerprint density at radius 3 is 2.54 bits per heavy atom. The summed E-state index contributed by atoms with van der Waals surface area (Å²) in [4.78, 5) is 38.2. The van der Waals surface area contributed by atoms with Gasteiger partial charge in [0.25, 0.3) is 0 Å². The van der Waals surface area contributed by atoms with Gasteiger partial charge in [-0.1, -0.05) is 11.6 Å². The molecule has 0 aromatic heterocycles. The molecule has 2 fully saturated rings. The Morgan fingerprint density at radius 1 is 1.29 bits per heavy atom. The van der Waals surface area contributed by atoms with E-state index >= 15 is 0 Å². The van der Waals surface area contributed by atoms with Crippen molar-refractivity contribution in [1.29, 1.82) is 0 Å². The highest BCUT2D eigenvalue weighted by molar-refractivity contribution is 7.89. The lowest BCUT2D eigenvalue weighted by atomic mass is 10.0. The molecule has 0 bridgehead atoms. The monoisotopic (exact) mass is 432 g/mol. The number of sulfonamides is 1. The molecule has 0 radical (unpaired) electrons. The fraction of sp³-hybridized carbons (Fsp3) is 0.438. The summed E-state index contributed by atoms with van der Waals surface area (Å²) in [7, 11) is -4.03. The average Bonchev–Trinajstić information content (AvgIpc) is 3.00. The van der Waals surface area contributed by atoms with Crippen molar-refractivity contribution in [2.45, 2.75) is 23.8 Å². The Kier molecular flexibility index (Phi) is 5.87. The summed E-state index contributed by atoms with van der Waals surface area (Å²) in [5.41, 5.74) is 0. The number of rotatable bonds is 5. The molecule has 2 aliphatic rings. The number of piperidine rings is 1. The zero-order valence-electron chi connectivity index (χ0n) is 14.7. The number of imide groups is 1. The lowest BCUT2D eigenvalue weighted by molar-refractivity contribution is -0.132. The van der Waals surface area contributed by atoms with Crippen LogP contribution < -0.4 is 10.0 Å². The van der Waals surface area contributed by atoms with Gasteiger partial charge in [-0.25, -0.2) is 22.3 Å². The maximum atomic E-state index is 13.2. The Labute approximate surface area is 165 Å². The van der Waals surface area contributed by atoms with Crippen LogP contribution in [-0.4, -0.2) is 68.3 Å². The molecule has 4 amide bonds. The van der Waals surface area contributed by atoms with E-state index in [0.29, 0.717) is 25.9 Å². The van der Waals surface area contributed by atoms with Gasteiger partial charge in [-0.3, -0.25) is 14.5 Å². The molecule has 0 spiro atoms. The van der Waals surface area contributed by atoms with E-state index < -0.39 is 34.3 Å². The van der Waals surface area contributed by atoms with E-state index in [9.17, 15) is 27.2 Å². The molecule has 9 nitrogen and oxygen atoms in total. The average molecular weight is 433 g/mol. The zero-order chi connectivity index (χ0) is 20.5. The molecule has 3 rings (SSSR count). The van der Waals surface area contributed by atoms with Gasteiger partial charge in [0, 0.05) is 19.1 Å². The molecule has 28 heavy (non-hydrogen) atoms. The van der Waals surface area contributed by atoms with Crippen LogP contribution in [0.1, 0.15) is 12.8 Å². The summed E-state index contributed by atoms with van der Waals surface area (Å²) in [5.74, 6) is -1.47. The Morgan fingerprint density at radius 2 is 1.96 bits per heavy atom.